The molecule has 0 spiro atoms. The highest BCUT2D eigenvalue weighted by molar-refractivity contribution is 9.10. The standard InChI is InChI=1S/C14H20BrFN2.ClH/c15-14-8-13(16)4-3-12(14)10-18-7-1-2-11(9-18)5-6-17;/h3-4,8,11H,1-2,5-7,9-10,17H2;1H. The summed E-state index contributed by atoms with van der Waals surface area (Å²) in [5.41, 5.74) is 6.79. The van der Waals surface area contributed by atoms with Gasteiger partial charge >= 0.3 is 0 Å². The van der Waals surface area contributed by atoms with Crippen LogP contribution in [0.25, 0.3) is 0 Å². The quantitative estimate of drug-likeness (QED) is 0.898. The molecule has 108 valence electrons. The third-order valence-corrected chi connectivity index (χ3v) is 4.33. The van der Waals surface area contributed by atoms with Crippen LogP contribution in [0.1, 0.15) is 24.8 Å². The Hall–Kier alpha value is -0.160. The van der Waals surface area contributed by atoms with Gasteiger partial charge in [-0.3, -0.25) is 4.90 Å². The van der Waals surface area contributed by atoms with Crippen LogP contribution in [0.5, 0.6) is 0 Å². The maximum Gasteiger partial charge on any atom is 0.124 e. The van der Waals surface area contributed by atoms with Crippen molar-refractivity contribution >= 4 is 28.3 Å². The molecule has 2 nitrogen and oxygen atoms in total. The van der Waals surface area contributed by atoms with Crippen molar-refractivity contribution in [2.45, 2.75) is 25.8 Å². The second-order valence-corrected chi connectivity index (χ2v) is 5.91. The fourth-order valence-corrected chi connectivity index (χ4v) is 3.13. The molecule has 5 heteroatoms. The van der Waals surface area contributed by atoms with Gasteiger partial charge in [-0.1, -0.05) is 22.0 Å². The fourth-order valence-electron chi connectivity index (χ4n) is 2.66. The average Bonchev–Trinajstić information content (AvgIpc) is 2.34. The Balaban J connectivity index is 0.00000180. The van der Waals surface area contributed by atoms with Crippen molar-refractivity contribution in [1.29, 1.82) is 0 Å². The number of rotatable bonds is 4. The van der Waals surface area contributed by atoms with Crippen molar-refractivity contribution < 1.29 is 4.39 Å². The number of halogens is 3. The van der Waals surface area contributed by atoms with Gasteiger partial charge in [0.15, 0.2) is 0 Å². The van der Waals surface area contributed by atoms with E-state index in [0.29, 0.717) is 0 Å². The third-order valence-electron chi connectivity index (χ3n) is 3.59. The first kappa shape index (κ1) is 16.9. The van der Waals surface area contributed by atoms with E-state index in [1.54, 1.807) is 0 Å². The van der Waals surface area contributed by atoms with Gasteiger partial charge in [0.05, 0.1) is 0 Å². The van der Waals surface area contributed by atoms with Crippen molar-refractivity contribution in [3.63, 3.8) is 0 Å². The van der Waals surface area contributed by atoms with Gasteiger partial charge in [0, 0.05) is 17.6 Å². The van der Waals surface area contributed by atoms with E-state index in [1.807, 2.05) is 6.07 Å². The molecule has 1 unspecified atom stereocenters. The summed E-state index contributed by atoms with van der Waals surface area (Å²) in [6.07, 6.45) is 3.64. The van der Waals surface area contributed by atoms with Crippen LogP contribution in [0, 0.1) is 11.7 Å². The van der Waals surface area contributed by atoms with Crippen LogP contribution in [0.3, 0.4) is 0 Å². The smallest absolute Gasteiger partial charge is 0.124 e. The van der Waals surface area contributed by atoms with E-state index in [4.69, 9.17) is 5.73 Å². The number of nitrogens with zero attached hydrogens (tertiary/aromatic N) is 1. The summed E-state index contributed by atoms with van der Waals surface area (Å²) in [6.45, 7) is 3.91. The summed E-state index contributed by atoms with van der Waals surface area (Å²) in [5, 5.41) is 0. The SMILES string of the molecule is Cl.NCCC1CCCN(Cc2ccc(F)cc2Br)C1. The molecule has 19 heavy (non-hydrogen) atoms. The van der Waals surface area contributed by atoms with Crippen LogP contribution in [-0.4, -0.2) is 24.5 Å². The Bertz CT molecular complexity index is 401. The zero-order valence-corrected chi connectivity index (χ0v) is 13.4. The highest BCUT2D eigenvalue weighted by Crippen LogP contribution is 2.24. The average molecular weight is 352 g/mol. The molecule has 0 amide bonds. The summed E-state index contributed by atoms with van der Waals surface area (Å²) in [6, 6.07) is 4.93. The number of piperidine rings is 1. The predicted molar refractivity (Wildman–Crippen MR) is 83.0 cm³/mol. The summed E-state index contributed by atoms with van der Waals surface area (Å²) >= 11 is 3.43. The van der Waals surface area contributed by atoms with Gasteiger partial charge in [-0.25, -0.2) is 4.39 Å². The van der Waals surface area contributed by atoms with E-state index in [1.165, 1.54) is 25.0 Å². The molecule has 0 aliphatic carbocycles. The highest BCUT2D eigenvalue weighted by atomic mass is 79.9. The molecule has 0 saturated carbocycles. The van der Waals surface area contributed by atoms with E-state index in [-0.39, 0.29) is 18.2 Å². The maximum absolute atomic E-state index is 13.0. The van der Waals surface area contributed by atoms with Gasteiger partial charge in [0.25, 0.3) is 0 Å². The molecule has 0 bridgehead atoms. The Labute approximate surface area is 129 Å². The van der Waals surface area contributed by atoms with Gasteiger partial charge in [0.1, 0.15) is 5.82 Å². The first-order chi connectivity index (χ1) is 8.69. The predicted octanol–water partition coefficient (Wildman–Crippen LogP) is 3.57. The molecule has 2 N–H and O–H groups in total. The number of benzene rings is 1. The van der Waals surface area contributed by atoms with Gasteiger partial charge in [-0.15, -0.1) is 12.4 Å². The molecular weight excluding hydrogens is 331 g/mol. The molecule has 1 atom stereocenters. The zero-order chi connectivity index (χ0) is 13.0. The van der Waals surface area contributed by atoms with E-state index >= 15 is 0 Å². The molecule has 1 aromatic rings. The summed E-state index contributed by atoms with van der Waals surface area (Å²) in [5.74, 6) is 0.535. The minimum atomic E-state index is -0.190. The Kier molecular flexibility index (Phi) is 7.29. The van der Waals surface area contributed by atoms with Crippen molar-refractivity contribution in [2.24, 2.45) is 11.7 Å². The second-order valence-electron chi connectivity index (χ2n) is 5.06. The summed E-state index contributed by atoms with van der Waals surface area (Å²) < 4.78 is 13.9. The molecule has 0 aromatic heterocycles. The molecule has 2 rings (SSSR count). The third kappa shape index (κ3) is 5.03. The molecule has 1 aromatic carbocycles. The number of nitrogens with two attached hydrogens (primary N) is 1. The first-order valence-corrected chi connectivity index (χ1v) is 7.34. The van der Waals surface area contributed by atoms with E-state index < -0.39 is 0 Å². The fraction of sp³-hybridized carbons (Fsp3) is 0.571. The number of hydrogen-bond donors (Lipinski definition) is 1. The Morgan fingerprint density at radius 1 is 1.42 bits per heavy atom. The molecule has 1 aliphatic heterocycles. The molecule has 1 saturated heterocycles. The van der Waals surface area contributed by atoms with E-state index in [0.717, 1.165) is 48.6 Å². The van der Waals surface area contributed by atoms with Crippen LogP contribution in [0.4, 0.5) is 4.39 Å². The molecule has 1 fully saturated rings. The van der Waals surface area contributed by atoms with E-state index in [2.05, 4.69) is 20.8 Å². The van der Waals surface area contributed by atoms with Crippen LogP contribution < -0.4 is 5.73 Å². The lowest BCUT2D eigenvalue weighted by Crippen LogP contribution is -2.35. The molecule has 1 aliphatic rings. The monoisotopic (exact) mass is 350 g/mol. The van der Waals surface area contributed by atoms with Crippen molar-refractivity contribution in [1.82, 2.24) is 4.90 Å². The van der Waals surface area contributed by atoms with E-state index in [9.17, 15) is 4.39 Å². The molecular formula is C14H21BrClFN2. The lowest BCUT2D eigenvalue weighted by atomic mass is 9.94. The van der Waals surface area contributed by atoms with Crippen molar-refractivity contribution in [2.75, 3.05) is 19.6 Å². The lowest BCUT2D eigenvalue weighted by Gasteiger charge is -2.32. The second kappa shape index (κ2) is 8.20. The van der Waals surface area contributed by atoms with Crippen LogP contribution in [0.2, 0.25) is 0 Å². The maximum atomic E-state index is 13.0. The minimum absolute atomic E-state index is 0. The number of hydrogen-bond acceptors (Lipinski definition) is 2. The summed E-state index contributed by atoms with van der Waals surface area (Å²) in [4.78, 5) is 2.45. The normalized spacial score (nSPS) is 20.1. The zero-order valence-electron chi connectivity index (χ0n) is 10.9. The first-order valence-electron chi connectivity index (χ1n) is 6.55. The molecule has 0 radical (unpaired) electrons. The van der Waals surface area contributed by atoms with Crippen LogP contribution >= 0.6 is 28.3 Å². The highest BCUT2D eigenvalue weighted by Gasteiger charge is 2.19. The van der Waals surface area contributed by atoms with Gasteiger partial charge in [-0.2, -0.15) is 0 Å². The molecule has 1 heterocycles. The van der Waals surface area contributed by atoms with Crippen molar-refractivity contribution in [3.8, 4) is 0 Å². The largest absolute Gasteiger partial charge is 0.330 e. The Morgan fingerprint density at radius 2 is 2.21 bits per heavy atom. The summed E-state index contributed by atoms with van der Waals surface area (Å²) in [7, 11) is 0. The van der Waals surface area contributed by atoms with Crippen LogP contribution in [-0.2, 0) is 6.54 Å². The minimum Gasteiger partial charge on any atom is -0.330 e. The van der Waals surface area contributed by atoms with Gasteiger partial charge in [0.2, 0.25) is 0 Å². The topological polar surface area (TPSA) is 29.3 Å². The van der Waals surface area contributed by atoms with Gasteiger partial charge in [-0.05, 0) is 56.0 Å². The van der Waals surface area contributed by atoms with Crippen LogP contribution in [0.15, 0.2) is 22.7 Å². The van der Waals surface area contributed by atoms with Gasteiger partial charge < -0.3 is 5.73 Å². The lowest BCUT2D eigenvalue weighted by molar-refractivity contribution is 0.163. The Morgan fingerprint density at radius 3 is 2.89 bits per heavy atom. The number of likely N-dealkylation sites (tertiary alicyclic amines) is 1. The van der Waals surface area contributed by atoms with Crippen molar-refractivity contribution in [3.05, 3.63) is 34.1 Å².